The molecule has 11 heteroatoms. The summed E-state index contributed by atoms with van der Waals surface area (Å²) in [5.41, 5.74) is 5.38. The molecule has 1 unspecified atom stereocenters. The van der Waals surface area contributed by atoms with Gasteiger partial charge in [0.1, 0.15) is 17.2 Å². The van der Waals surface area contributed by atoms with Crippen molar-refractivity contribution >= 4 is 56.0 Å². The van der Waals surface area contributed by atoms with Gasteiger partial charge >= 0.3 is 5.76 Å². The van der Waals surface area contributed by atoms with E-state index in [4.69, 9.17) is 16.0 Å². The lowest BCUT2D eigenvalue weighted by Crippen LogP contribution is -2.55. The van der Waals surface area contributed by atoms with Crippen LogP contribution < -0.4 is 10.7 Å². The Morgan fingerprint density at radius 3 is 2.97 bits per heavy atom. The number of aromatic amines is 1. The van der Waals surface area contributed by atoms with Crippen molar-refractivity contribution < 1.29 is 9.21 Å². The molecule has 0 bridgehead atoms. The molecule has 4 heterocycles. The molecule has 1 saturated heterocycles. The van der Waals surface area contributed by atoms with Gasteiger partial charge in [-0.2, -0.15) is 0 Å². The number of carbonyl (C=O) groups is 1. The number of oxazole rings is 1. The minimum Gasteiger partial charge on any atom is -0.408 e. The van der Waals surface area contributed by atoms with Crippen LogP contribution >= 0.6 is 22.9 Å². The fourth-order valence-corrected chi connectivity index (χ4v) is 5.63. The first-order valence-electron chi connectivity index (χ1n) is 11.2. The maximum absolute atomic E-state index is 13.2. The molecule has 9 nitrogen and oxygen atoms in total. The normalized spacial score (nSPS) is 16.5. The lowest BCUT2D eigenvalue weighted by Gasteiger charge is -2.40. The van der Waals surface area contributed by atoms with E-state index in [1.165, 1.54) is 4.57 Å². The largest absolute Gasteiger partial charge is 0.420 e. The van der Waals surface area contributed by atoms with E-state index in [-0.39, 0.29) is 18.5 Å². The lowest BCUT2D eigenvalue weighted by atomic mass is 10.2. The summed E-state index contributed by atoms with van der Waals surface area (Å²) in [6.07, 6.45) is 0. The molecular formula is C24H21ClN6O3S. The zero-order chi connectivity index (χ0) is 24.1. The van der Waals surface area contributed by atoms with Crippen molar-refractivity contribution in [2.45, 2.75) is 19.5 Å². The molecule has 1 atom stereocenters. The lowest BCUT2D eigenvalue weighted by molar-refractivity contribution is -0.134. The van der Waals surface area contributed by atoms with Crippen molar-refractivity contribution in [2.24, 2.45) is 0 Å². The standard InChI is InChI=1S/C24H21ClN6O3S/c1-14-11-29(23-21(26-13-35-23)22-27-16-7-6-15(25)10-17(16)28-22)8-9-30(14)20(32)12-31-18-4-2-3-5-19(18)34-24(31)33/h2-7,10,13-14H,8-9,11-12H2,1H3,(H,27,28). The number of amides is 1. The van der Waals surface area contributed by atoms with E-state index in [0.29, 0.717) is 41.6 Å². The van der Waals surface area contributed by atoms with Gasteiger partial charge in [0.05, 0.1) is 22.1 Å². The van der Waals surface area contributed by atoms with Crippen LogP contribution in [0.3, 0.4) is 0 Å². The fraction of sp³-hybridized carbons (Fsp3) is 0.250. The summed E-state index contributed by atoms with van der Waals surface area (Å²) in [4.78, 5) is 42.1. The van der Waals surface area contributed by atoms with Crippen LogP contribution in [0, 0.1) is 0 Å². The van der Waals surface area contributed by atoms with Gasteiger partial charge in [-0.1, -0.05) is 23.7 Å². The maximum Gasteiger partial charge on any atom is 0.420 e. The number of para-hydroxylation sites is 2. The van der Waals surface area contributed by atoms with Crippen molar-refractivity contribution in [2.75, 3.05) is 24.5 Å². The number of nitrogens with one attached hydrogen (secondary N) is 1. The van der Waals surface area contributed by atoms with Gasteiger partial charge < -0.3 is 19.2 Å². The Hall–Kier alpha value is -3.63. The molecule has 6 rings (SSSR count). The van der Waals surface area contributed by atoms with Gasteiger partial charge in [-0.3, -0.25) is 9.36 Å². The molecule has 0 saturated carbocycles. The van der Waals surface area contributed by atoms with E-state index in [2.05, 4.69) is 19.9 Å². The number of fused-ring (bicyclic) bond motifs is 2. The van der Waals surface area contributed by atoms with Crippen molar-refractivity contribution in [3.63, 3.8) is 0 Å². The average molecular weight is 509 g/mol. The molecule has 0 spiro atoms. The third kappa shape index (κ3) is 3.88. The Balaban J connectivity index is 1.20. The molecule has 1 N–H and O–H groups in total. The number of hydrogen-bond donors (Lipinski definition) is 1. The topological polar surface area (TPSA) is 100 Å². The van der Waals surface area contributed by atoms with Crippen LogP contribution in [0.1, 0.15) is 6.92 Å². The first-order chi connectivity index (χ1) is 17.0. The summed E-state index contributed by atoms with van der Waals surface area (Å²) in [6.45, 7) is 3.81. The molecule has 3 aromatic heterocycles. The second-order valence-corrected chi connectivity index (χ2v) is 9.83. The Morgan fingerprint density at radius 1 is 1.26 bits per heavy atom. The summed E-state index contributed by atoms with van der Waals surface area (Å²) in [7, 11) is 0. The van der Waals surface area contributed by atoms with Gasteiger partial charge in [0, 0.05) is 30.7 Å². The van der Waals surface area contributed by atoms with E-state index >= 15 is 0 Å². The highest BCUT2D eigenvalue weighted by molar-refractivity contribution is 7.14. The molecule has 1 fully saturated rings. The van der Waals surface area contributed by atoms with Gasteiger partial charge in [0.25, 0.3) is 0 Å². The number of imidazole rings is 1. The molecule has 0 aliphatic carbocycles. The summed E-state index contributed by atoms with van der Waals surface area (Å²) < 4.78 is 6.67. The van der Waals surface area contributed by atoms with E-state index in [0.717, 1.165) is 21.7 Å². The monoisotopic (exact) mass is 508 g/mol. The molecule has 178 valence electrons. The second kappa shape index (κ2) is 8.54. The number of aromatic nitrogens is 4. The maximum atomic E-state index is 13.2. The Bertz CT molecular complexity index is 1620. The first-order valence-corrected chi connectivity index (χ1v) is 12.5. The number of anilines is 1. The van der Waals surface area contributed by atoms with Crippen molar-refractivity contribution in [1.29, 1.82) is 0 Å². The highest BCUT2D eigenvalue weighted by Crippen LogP contribution is 2.34. The van der Waals surface area contributed by atoms with Crippen LogP contribution in [0.5, 0.6) is 0 Å². The number of H-pyrrole nitrogens is 1. The SMILES string of the molecule is CC1CN(c2scnc2-c2nc3ccc(Cl)cc3[nH]2)CCN1C(=O)Cn1c(=O)oc2ccccc21. The number of hydrogen-bond acceptors (Lipinski definition) is 7. The quantitative estimate of drug-likeness (QED) is 0.394. The number of piperazine rings is 1. The Labute approximate surface area is 208 Å². The van der Waals surface area contributed by atoms with Gasteiger partial charge in [-0.25, -0.2) is 14.8 Å². The molecule has 0 radical (unpaired) electrons. The smallest absolute Gasteiger partial charge is 0.408 e. The van der Waals surface area contributed by atoms with E-state index < -0.39 is 5.76 Å². The zero-order valence-electron chi connectivity index (χ0n) is 18.8. The van der Waals surface area contributed by atoms with Crippen LogP contribution in [-0.2, 0) is 11.3 Å². The minimum atomic E-state index is -0.521. The number of thiazole rings is 1. The summed E-state index contributed by atoms with van der Waals surface area (Å²) >= 11 is 7.67. The second-order valence-electron chi connectivity index (χ2n) is 8.56. The Morgan fingerprint density at radius 2 is 2.11 bits per heavy atom. The predicted octanol–water partition coefficient (Wildman–Crippen LogP) is 3.99. The third-order valence-electron chi connectivity index (χ3n) is 6.32. The molecule has 1 amide bonds. The molecule has 1 aliphatic rings. The van der Waals surface area contributed by atoms with Crippen LogP contribution in [0.2, 0.25) is 5.02 Å². The number of rotatable bonds is 4. The molecule has 1 aliphatic heterocycles. The molecular weight excluding hydrogens is 488 g/mol. The fourth-order valence-electron chi connectivity index (χ4n) is 4.62. The zero-order valence-corrected chi connectivity index (χ0v) is 20.3. The van der Waals surface area contributed by atoms with E-state index in [1.54, 1.807) is 29.5 Å². The van der Waals surface area contributed by atoms with Crippen molar-refractivity contribution in [3.8, 4) is 11.5 Å². The van der Waals surface area contributed by atoms with Crippen molar-refractivity contribution in [3.05, 3.63) is 63.5 Å². The number of carbonyl (C=O) groups excluding carboxylic acids is 1. The highest BCUT2D eigenvalue weighted by Gasteiger charge is 2.30. The summed E-state index contributed by atoms with van der Waals surface area (Å²) in [6, 6.07) is 12.6. The van der Waals surface area contributed by atoms with Crippen LogP contribution in [0.4, 0.5) is 5.00 Å². The Kier molecular flexibility index (Phi) is 5.34. The van der Waals surface area contributed by atoms with Gasteiger partial charge in [0.15, 0.2) is 11.4 Å². The van der Waals surface area contributed by atoms with E-state index in [9.17, 15) is 9.59 Å². The van der Waals surface area contributed by atoms with Crippen molar-refractivity contribution in [1.82, 2.24) is 24.4 Å². The van der Waals surface area contributed by atoms with Crippen LogP contribution in [0.25, 0.3) is 33.7 Å². The minimum absolute atomic E-state index is 0.0467. The molecule has 5 aromatic rings. The predicted molar refractivity (Wildman–Crippen MR) is 136 cm³/mol. The molecule has 2 aromatic carbocycles. The van der Waals surface area contributed by atoms with Gasteiger partial charge in [-0.15, -0.1) is 11.3 Å². The van der Waals surface area contributed by atoms with Gasteiger partial charge in [-0.05, 0) is 37.3 Å². The van der Waals surface area contributed by atoms with Crippen LogP contribution in [0.15, 0.2) is 57.2 Å². The summed E-state index contributed by atoms with van der Waals surface area (Å²) in [5.74, 6) is 0.0626. The van der Waals surface area contributed by atoms with E-state index in [1.807, 2.05) is 41.6 Å². The van der Waals surface area contributed by atoms with Crippen LogP contribution in [-0.4, -0.2) is 56.0 Å². The molecule has 35 heavy (non-hydrogen) atoms. The third-order valence-corrected chi connectivity index (χ3v) is 7.44. The first kappa shape index (κ1) is 21.9. The van der Waals surface area contributed by atoms with Gasteiger partial charge in [0.2, 0.25) is 5.91 Å². The highest BCUT2D eigenvalue weighted by atomic mass is 35.5. The number of benzene rings is 2. The average Bonchev–Trinajstić information content (AvgIpc) is 3.56. The number of nitrogens with zero attached hydrogens (tertiary/aromatic N) is 5. The summed E-state index contributed by atoms with van der Waals surface area (Å²) in [5, 5.41) is 1.65. The number of halogens is 1.